The van der Waals surface area contributed by atoms with E-state index in [0.29, 0.717) is 0 Å². The number of rotatable bonds is 2. The molecule has 1 aromatic carbocycles. The molecule has 0 aliphatic heterocycles. The first kappa shape index (κ1) is 16.3. The van der Waals surface area contributed by atoms with E-state index in [1.807, 2.05) is 6.07 Å². The van der Waals surface area contributed by atoms with E-state index in [0.717, 1.165) is 19.3 Å². The Morgan fingerprint density at radius 1 is 1.00 bits per heavy atom. The van der Waals surface area contributed by atoms with Crippen LogP contribution in [-0.2, 0) is 25.9 Å². The molecule has 1 heteroatoms. The summed E-state index contributed by atoms with van der Waals surface area (Å²) < 4.78 is 0. The summed E-state index contributed by atoms with van der Waals surface area (Å²) in [6.45, 7) is 4.34. The molecule has 1 aliphatic rings. The van der Waals surface area contributed by atoms with Crippen LogP contribution in [0, 0.1) is 6.08 Å². The van der Waals surface area contributed by atoms with Crippen molar-refractivity contribution in [3.63, 3.8) is 0 Å². The average Bonchev–Trinajstić information content (AvgIpc) is 2.41. The predicted molar refractivity (Wildman–Crippen MR) is 71.2 cm³/mol. The van der Waals surface area contributed by atoms with Gasteiger partial charge in [0.1, 0.15) is 0 Å². The average molecular weight is 314 g/mol. The van der Waals surface area contributed by atoms with E-state index < -0.39 is 0 Å². The topological polar surface area (TPSA) is 0 Å². The molecule has 0 unspecified atom stereocenters. The molecule has 17 heavy (non-hydrogen) atoms. The van der Waals surface area contributed by atoms with Gasteiger partial charge in [-0.05, 0) is 18.4 Å². The zero-order chi connectivity index (χ0) is 11.6. The normalized spacial score (nSPS) is 12.9. The van der Waals surface area contributed by atoms with Crippen LogP contribution in [0.2, 0.25) is 0 Å². The van der Waals surface area contributed by atoms with Crippen molar-refractivity contribution in [2.24, 2.45) is 0 Å². The summed E-state index contributed by atoms with van der Waals surface area (Å²) in [6.07, 6.45) is 12.2. The molecule has 1 aromatic rings. The number of hydrogen-bond donors (Lipinski definition) is 0. The fourth-order valence-electron chi connectivity index (χ4n) is 1.57. The molecule has 0 nitrogen and oxygen atoms in total. The number of hydrogen-bond acceptors (Lipinski definition) is 0. The van der Waals surface area contributed by atoms with Gasteiger partial charge >= 0.3 is 19.5 Å². The third-order valence-electron chi connectivity index (χ3n) is 2.68. The van der Waals surface area contributed by atoms with Gasteiger partial charge in [0, 0.05) is 0 Å². The molecular formula is C16H21Ru. The van der Waals surface area contributed by atoms with Crippen molar-refractivity contribution in [3.05, 3.63) is 59.7 Å². The molecule has 0 atom stereocenters. The molecule has 93 valence electrons. The van der Waals surface area contributed by atoms with Crippen LogP contribution in [0.1, 0.15) is 38.7 Å². The van der Waals surface area contributed by atoms with Gasteiger partial charge in [-0.25, -0.2) is 0 Å². The van der Waals surface area contributed by atoms with Crippen molar-refractivity contribution < 1.29 is 19.5 Å². The Kier molecular flexibility index (Phi) is 10.1. The van der Waals surface area contributed by atoms with Gasteiger partial charge in [-0.3, -0.25) is 5.57 Å². The first-order chi connectivity index (χ1) is 7.86. The Bertz CT molecular complexity index is 336. The van der Waals surface area contributed by atoms with Crippen molar-refractivity contribution >= 4 is 0 Å². The summed E-state index contributed by atoms with van der Waals surface area (Å²) in [5.41, 5.74) is 2.88. The zero-order valence-corrected chi connectivity index (χ0v) is 12.5. The molecular weight excluding hydrogens is 293 g/mol. The van der Waals surface area contributed by atoms with Crippen LogP contribution >= 0.6 is 0 Å². The summed E-state index contributed by atoms with van der Waals surface area (Å²) >= 11 is 0. The van der Waals surface area contributed by atoms with Gasteiger partial charge in [0.05, 0.1) is 0 Å². The molecule has 1 aliphatic carbocycles. The van der Waals surface area contributed by atoms with Gasteiger partial charge in [0.15, 0.2) is 0 Å². The van der Waals surface area contributed by atoms with Crippen LogP contribution < -0.4 is 0 Å². The van der Waals surface area contributed by atoms with Crippen molar-refractivity contribution in [2.45, 2.75) is 39.5 Å². The van der Waals surface area contributed by atoms with E-state index in [1.165, 1.54) is 17.6 Å². The van der Waals surface area contributed by atoms with E-state index in [2.05, 4.69) is 56.3 Å². The number of allylic oxidation sites excluding steroid dienone is 4. The maximum absolute atomic E-state index is 3.30. The largest absolute Gasteiger partial charge is 1.00 e. The van der Waals surface area contributed by atoms with Gasteiger partial charge in [-0.15, -0.1) is 6.08 Å². The molecule has 0 amide bonds. The Labute approximate surface area is 119 Å². The molecule has 1 radical (unpaired) electrons. The minimum Gasteiger partial charge on any atom is -0.493 e. The molecule has 0 bridgehead atoms. The fraction of sp³-hybridized carbons (Fsp3) is 0.375. The second kappa shape index (κ2) is 10.5. The van der Waals surface area contributed by atoms with E-state index in [1.54, 1.807) is 0 Å². The molecule has 0 aromatic heterocycles. The maximum atomic E-state index is 3.30. The molecule has 2 rings (SSSR count). The number of aryl methyl sites for hydroxylation is 1. The van der Waals surface area contributed by atoms with Gasteiger partial charge in [0.2, 0.25) is 0 Å². The second-order valence-corrected chi connectivity index (χ2v) is 3.85. The molecule has 0 heterocycles. The van der Waals surface area contributed by atoms with E-state index >= 15 is 0 Å². The van der Waals surface area contributed by atoms with Crippen LogP contribution in [0.3, 0.4) is 0 Å². The zero-order valence-electron chi connectivity index (χ0n) is 10.7. The molecule has 0 fully saturated rings. The van der Waals surface area contributed by atoms with Crippen molar-refractivity contribution in [1.82, 2.24) is 0 Å². The van der Waals surface area contributed by atoms with Gasteiger partial charge in [-0.1, -0.05) is 56.7 Å². The van der Waals surface area contributed by atoms with Crippen LogP contribution in [0.15, 0.2) is 48.1 Å². The van der Waals surface area contributed by atoms with Gasteiger partial charge < -0.3 is 6.08 Å². The van der Waals surface area contributed by atoms with E-state index in [-0.39, 0.29) is 19.5 Å². The first-order valence-electron chi connectivity index (χ1n) is 6.14. The van der Waals surface area contributed by atoms with Crippen molar-refractivity contribution in [1.29, 1.82) is 0 Å². The molecule has 0 N–H and O–H groups in total. The molecule has 0 saturated carbocycles. The SMILES string of the molecule is CCC1=[C-]CC=CC1.CCc1ccccc1.[Ru+]. The fourth-order valence-corrected chi connectivity index (χ4v) is 1.57. The van der Waals surface area contributed by atoms with Crippen LogP contribution in [0.4, 0.5) is 0 Å². The van der Waals surface area contributed by atoms with Crippen LogP contribution in [0.25, 0.3) is 0 Å². The standard InChI is InChI=1S/C8H11.C8H10.Ru/c2*1-2-8-6-4-3-5-7-8;/h3-4H,2,5-6H2,1H3;3-7H,2H2,1H3;/q-1;;+1. The van der Waals surface area contributed by atoms with Gasteiger partial charge in [-0.2, -0.15) is 6.42 Å². The minimum atomic E-state index is 0. The predicted octanol–water partition coefficient (Wildman–Crippen LogP) is 4.72. The van der Waals surface area contributed by atoms with Crippen LogP contribution in [-0.4, -0.2) is 0 Å². The van der Waals surface area contributed by atoms with E-state index in [9.17, 15) is 0 Å². The summed E-state index contributed by atoms with van der Waals surface area (Å²) in [5, 5.41) is 0. The summed E-state index contributed by atoms with van der Waals surface area (Å²) in [5.74, 6) is 0. The quantitative estimate of drug-likeness (QED) is 0.421. The minimum absolute atomic E-state index is 0. The summed E-state index contributed by atoms with van der Waals surface area (Å²) in [6, 6.07) is 10.5. The Balaban J connectivity index is 0.000000284. The summed E-state index contributed by atoms with van der Waals surface area (Å²) in [4.78, 5) is 0. The molecule has 0 spiro atoms. The monoisotopic (exact) mass is 315 g/mol. The summed E-state index contributed by atoms with van der Waals surface area (Å²) in [7, 11) is 0. The first-order valence-corrected chi connectivity index (χ1v) is 6.14. The Morgan fingerprint density at radius 2 is 1.71 bits per heavy atom. The second-order valence-electron chi connectivity index (χ2n) is 3.85. The van der Waals surface area contributed by atoms with E-state index in [4.69, 9.17) is 0 Å². The van der Waals surface area contributed by atoms with Crippen molar-refractivity contribution in [3.8, 4) is 0 Å². The maximum Gasteiger partial charge on any atom is 1.00 e. The smallest absolute Gasteiger partial charge is 0.493 e. The number of benzene rings is 1. The third kappa shape index (κ3) is 7.28. The third-order valence-corrected chi connectivity index (χ3v) is 2.68. The molecule has 0 saturated heterocycles. The Morgan fingerprint density at radius 3 is 2.06 bits per heavy atom. The van der Waals surface area contributed by atoms with Crippen molar-refractivity contribution in [2.75, 3.05) is 0 Å². The van der Waals surface area contributed by atoms with Crippen LogP contribution in [0.5, 0.6) is 0 Å². The van der Waals surface area contributed by atoms with Gasteiger partial charge in [0.25, 0.3) is 0 Å². The Hall–Kier alpha value is -0.677.